The number of hydrazine groups is 1. The molecule has 0 unspecified atom stereocenters. The summed E-state index contributed by atoms with van der Waals surface area (Å²) in [5.74, 6) is 0.163. The van der Waals surface area contributed by atoms with E-state index in [0.717, 1.165) is 0 Å². The highest BCUT2D eigenvalue weighted by Crippen LogP contribution is 2.24. The van der Waals surface area contributed by atoms with Crippen molar-refractivity contribution in [3.63, 3.8) is 0 Å². The summed E-state index contributed by atoms with van der Waals surface area (Å²) in [6.07, 6.45) is 0. The van der Waals surface area contributed by atoms with E-state index in [9.17, 15) is 16.8 Å². The molecule has 3 rings (SSSR count). The van der Waals surface area contributed by atoms with Crippen molar-refractivity contribution >= 4 is 31.6 Å². The molecular formula is C13H12N4O4S2. The van der Waals surface area contributed by atoms with Crippen LogP contribution >= 0.6 is 0 Å². The van der Waals surface area contributed by atoms with Gasteiger partial charge in [0.25, 0.3) is 10.0 Å². The van der Waals surface area contributed by atoms with E-state index in [2.05, 4.69) is 15.2 Å². The van der Waals surface area contributed by atoms with Gasteiger partial charge in [0.2, 0.25) is 10.0 Å². The lowest BCUT2D eigenvalue weighted by Gasteiger charge is -2.10. The number of hydrogen-bond donors (Lipinski definition) is 3. The summed E-state index contributed by atoms with van der Waals surface area (Å²) in [5.41, 5.74) is 6.45. The summed E-state index contributed by atoms with van der Waals surface area (Å²) in [4.78, 5) is 0.114. The van der Waals surface area contributed by atoms with Gasteiger partial charge in [-0.15, -0.1) is 4.40 Å². The van der Waals surface area contributed by atoms with Gasteiger partial charge in [-0.05, 0) is 36.4 Å². The number of primary sulfonamides is 1. The van der Waals surface area contributed by atoms with Gasteiger partial charge in [-0.1, -0.05) is 12.1 Å². The van der Waals surface area contributed by atoms with Crippen LogP contribution in [0.4, 0.5) is 5.69 Å². The van der Waals surface area contributed by atoms with Crippen LogP contribution in [0, 0.1) is 0 Å². The van der Waals surface area contributed by atoms with Crippen molar-refractivity contribution in [1.29, 1.82) is 0 Å². The Morgan fingerprint density at radius 3 is 2.26 bits per heavy atom. The van der Waals surface area contributed by atoms with Crippen LogP contribution in [0.25, 0.3) is 0 Å². The van der Waals surface area contributed by atoms with E-state index >= 15 is 0 Å². The Labute approximate surface area is 133 Å². The van der Waals surface area contributed by atoms with Crippen molar-refractivity contribution in [2.75, 3.05) is 5.43 Å². The number of nitrogens with one attached hydrogen (secondary N) is 2. The quantitative estimate of drug-likeness (QED) is 0.685. The zero-order valence-corrected chi connectivity index (χ0v) is 13.2. The Kier molecular flexibility index (Phi) is 3.59. The summed E-state index contributed by atoms with van der Waals surface area (Å²) in [5, 5.41) is 5.01. The molecule has 23 heavy (non-hydrogen) atoms. The van der Waals surface area contributed by atoms with Gasteiger partial charge in [-0.25, -0.2) is 13.6 Å². The fourth-order valence-electron chi connectivity index (χ4n) is 2.06. The minimum Gasteiger partial charge on any atom is -0.300 e. The Morgan fingerprint density at radius 1 is 0.957 bits per heavy atom. The van der Waals surface area contributed by atoms with Gasteiger partial charge in [0.05, 0.1) is 10.6 Å². The normalized spacial score (nSPS) is 15.6. The smallest absolute Gasteiger partial charge is 0.285 e. The molecule has 0 atom stereocenters. The third-order valence-corrected chi connectivity index (χ3v) is 5.40. The average Bonchev–Trinajstić information content (AvgIpc) is 2.76. The van der Waals surface area contributed by atoms with E-state index in [0.29, 0.717) is 11.3 Å². The fraction of sp³-hybridized carbons (Fsp3) is 0. The SMILES string of the molecule is NS(=O)(=O)c1ccc(NNC2=NS(=O)(=O)c3ccccc32)cc1. The minimum atomic E-state index is -3.76. The molecule has 2 aromatic rings. The van der Waals surface area contributed by atoms with Crippen LogP contribution in [-0.2, 0) is 20.0 Å². The summed E-state index contributed by atoms with van der Waals surface area (Å²) < 4.78 is 49.8. The van der Waals surface area contributed by atoms with Gasteiger partial charge >= 0.3 is 0 Å². The molecule has 8 nitrogen and oxygen atoms in total. The first-order valence-electron chi connectivity index (χ1n) is 6.37. The standard InChI is InChI=1S/C13H12N4O4S2/c14-22(18,19)10-7-5-9(6-8-10)15-16-13-11-3-1-2-4-12(11)23(20,21)17-13/h1-8,15H,(H,16,17)(H2,14,18,19). The van der Waals surface area contributed by atoms with Crippen LogP contribution in [0.3, 0.4) is 0 Å². The van der Waals surface area contributed by atoms with Gasteiger partial charge in [0.15, 0.2) is 5.84 Å². The second-order valence-corrected chi connectivity index (χ2v) is 7.86. The fourth-order valence-corrected chi connectivity index (χ4v) is 3.75. The Morgan fingerprint density at radius 2 is 1.61 bits per heavy atom. The largest absolute Gasteiger partial charge is 0.300 e. The first-order chi connectivity index (χ1) is 10.8. The second-order valence-electron chi connectivity index (χ2n) is 4.73. The van der Waals surface area contributed by atoms with Crippen LogP contribution in [0.1, 0.15) is 5.56 Å². The molecule has 120 valence electrons. The van der Waals surface area contributed by atoms with Crippen molar-refractivity contribution < 1.29 is 16.8 Å². The lowest BCUT2D eigenvalue weighted by molar-refractivity contribution is 0.596. The molecule has 0 aliphatic carbocycles. The van der Waals surface area contributed by atoms with E-state index in [4.69, 9.17) is 5.14 Å². The van der Waals surface area contributed by atoms with E-state index in [1.807, 2.05) is 0 Å². The summed E-state index contributed by atoms with van der Waals surface area (Å²) in [7, 11) is -7.45. The highest BCUT2D eigenvalue weighted by atomic mass is 32.2. The molecule has 1 aliphatic rings. The van der Waals surface area contributed by atoms with Gasteiger partial charge in [0, 0.05) is 5.56 Å². The molecule has 2 aromatic carbocycles. The van der Waals surface area contributed by atoms with Crippen molar-refractivity contribution in [3.05, 3.63) is 54.1 Å². The lowest BCUT2D eigenvalue weighted by Crippen LogP contribution is -2.29. The predicted octanol–water partition coefficient (Wildman–Crippen LogP) is 0.400. The maximum atomic E-state index is 11.9. The third kappa shape index (κ3) is 3.04. The van der Waals surface area contributed by atoms with Gasteiger partial charge < -0.3 is 0 Å². The molecule has 0 radical (unpaired) electrons. The Bertz CT molecular complexity index is 997. The van der Waals surface area contributed by atoms with E-state index in [1.165, 1.54) is 30.3 Å². The molecule has 0 spiro atoms. The van der Waals surface area contributed by atoms with E-state index in [1.54, 1.807) is 18.2 Å². The Balaban J connectivity index is 1.80. The number of nitrogens with two attached hydrogens (primary N) is 1. The lowest BCUT2D eigenvalue weighted by atomic mass is 10.2. The van der Waals surface area contributed by atoms with Crippen molar-refractivity contribution in [3.8, 4) is 0 Å². The van der Waals surface area contributed by atoms with Gasteiger partial charge in [-0.3, -0.25) is 10.9 Å². The number of nitrogens with zero attached hydrogens (tertiary/aromatic N) is 1. The molecule has 0 saturated carbocycles. The number of amidine groups is 1. The molecule has 10 heteroatoms. The molecule has 0 bridgehead atoms. The second kappa shape index (κ2) is 5.33. The maximum Gasteiger partial charge on any atom is 0.285 e. The number of rotatable bonds is 3. The zero-order valence-electron chi connectivity index (χ0n) is 11.6. The average molecular weight is 352 g/mol. The van der Waals surface area contributed by atoms with Crippen LogP contribution < -0.4 is 16.0 Å². The van der Waals surface area contributed by atoms with Gasteiger partial charge in [-0.2, -0.15) is 8.42 Å². The molecule has 1 heterocycles. The van der Waals surface area contributed by atoms with Gasteiger partial charge in [0.1, 0.15) is 4.90 Å². The van der Waals surface area contributed by atoms with Crippen molar-refractivity contribution in [1.82, 2.24) is 5.43 Å². The zero-order chi connectivity index (χ0) is 16.7. The highest BCUT2D eigenvalue weighted by molar-refractivity contribution is 7.90. The Hall–Kier alpha value is -2.43. The highest BCUT2D eigenvalue weighted by Gasteiger charge is 2.28. The van der Waals surface area contributed by atoms with Crippen LogP contribution in [-0.4, -0.2) is 22.7 Å². The molecular weight excluding hydrogens is 340 g/mol. The third-order valence-electron chi connectivity index (χ3n) is 3.14. The van der Waals surface area contributed by atoms with E-state index in [-0.39, 0.29) is 15.6 Å². The first-order valence-corrected chi connectivity index (χ1v) is 9.35. The first kappa shape index (κ1) is 15.5. The number of hydrogen-bond acceptors (Lipinski definition) is 6. The monoisotopic (exact) mass is 352 g/mol. The van der Waals surface area contributed by atoms with Crippen LogP contribution in [0.15, 0.2) is 62.7 Å². The number of sulfonamides is 2. The predicted molar refractivity (Wildman–Crippen MR) is 84.7 cm³/mol. The molecule has 4 N–H and O–H groups in total. The summed E-state index contributed by atoms with van der Waals surface area (Å²) in [6.45, 7) is 0. The molecule has 0 aromatic heterocycles. The summed E-state index contributed by atoms with van der Waals surface area (Å²) >= 11 is 0. The number of anilines is 1. The maximum absolute atomic E-state index is 11.9. The molecule has 0 amide bonds. The topological polar surface area (TPSA) is 131 Å². The minimum absolute atomic E-state index is 0.0193. The van der Waals surface area contributed by atoms with E-state index < -0.39 is 20.0 Å². The van der Waals surface area contributed by atoms with Crippen LogP contribution in [0.5, 0.6) is 0 Å². The molecule has 0 saturated heterocycles. The van der Waals surface area contributed by atoms with Crippen LogP contribution in [0.2, 0.25) is 0 Å². The summed E-state index contributed by atoms with van der Waals surface area (Å²) in [6, 6.07) is 12.1. The number of benzene rings is 2. The molecule has 0 fully saturated rings. The van der Waals surface area contributed by atoms with Crippen molar-refractivity contribution in [2.24, 2.45) is 9.54 Å². The van der Waals surface area contributed by atoms with Crippen molar-refractivity contribution in [2.45, 2.75) is 9.79 Å². The molecule has 1 aliphatic heterocycles. The number of fused-ring (bicyclic) bond motifs is 1.